The lowest BCUT2D eigenvalue weighted by Crippen LogP contribution is -2.18. The number of terminal acetylenes is 1. The summed E-state index contributed by atoms with van der Waals surface area (Å²) in [5, 5.41) is 1.51. The molecule has 0 radical (unpaired) electrons. The minimum absolute atomic E-state index is 0.0712. The molecule has 80 valence electrons. The maximum absolute atomic E-state index is 11.9. The Balaban J connectivity index is 2.68. The van der Waals surface area contributed by atoms with Crippen molar-refractivity contribution < 1.29 is 4.74 Å². The average Bonchev–Trinajstić information content (AvgIpc) is 2.32. The molecule has 1 aromatic carbocycles. The summed E-state index contributed by atoms with van der Waals surface area (Å²) in [6.07, 6.45) is 6.89. The topological polar surface area (TPSA) is 31.2 Å². The first-order chi connectivity index (χ1) is 7.76. The first-order valence-electron chi connectivity index (χ1n) is 4.87. The SMILES string of the molecule is C#CCn1ccc2cc(OC)ccc2c1=O. The lowest BCUT2D eigenvalue weighted by atomic mass is 10.1. The van der Waals surface area contributed by atoms with Gasteiger partial charge in [-0.3, -0.25) is 4.79 Å². The Morgan fingerprint density at radius 3 is 2.94 bits per heavy atom. The van der Waals surface area contributed by atoms with Crippen LogP contribution in [0.2, 0.25) is 0 Å². The van der Waals surface area contributed by atoms with E-state index in [9.17, 15) is 4.79 Å². The summed E-state index contributed by atoms with van der Waals surface area (Å²) >= 11 is 0. The minimum atomic E-state index is -0.0712. The van der Waals surface area contributed by atoms with Crippen LogP contribution in [0.25, 0.3) is 10.8 Å². The Morgan fingerprint density at radius 1 is 1.44 bits per heavy atom. The molecule has 0 aliphatic carbocycles. The summed E-state index contributed by atoms with van der Waals surface area (Å²) in [6, 6.07) is 7.21. The second-order valence-electron chi connectivity index (χ2n) is 3.41. The van der Waals surface area contributed by atoms with Crippen LogP contribution in [-0.2, 0) is 6.54 Å². The van der Waals surface area contributed by atoms with Gasteiger partial charge in [-0.05, 0) is 29.7 Å². The number of aromatic nitrogens is 1. The molecule has 1 aromatic heterocycles. The third-order valence-electron chi connectivity index (χ3n) is 2.45. The Morgan fingerprint density at radius 2 is 2.25 bits per heavy atom. The number of benzene rings is 1. The van der Waals surface area contributed by atoms with Gasteiger partial charge in [-0.15, -0.1) is 6.42 Å². The van der Waals surface area contributed by atoms with Gasteiger partial charge in [-0.1, -0.05) is 5.92 Å². The maximum Gasteiger partial charge on any atom is 0.259 e. The molecule has 0 saturated carbocycles. The first-order valence-corrected chi connectivity index (χ1v) is 4.87. The van der Waals surface area contributed by atoms with Crippen molar-refractivity contribution in [1.82, 2.24) is 4.57 Å². The Kier molecular flexibility index (Phi) is 2.65. The number of nitrogens with zero attached hydrogens (tertiary/aromatic N) is 1. The molecular formula is C13H11NO2. The second kappa shape index (κ2) is 4.11. The van der Waals surface area contributed by atoms with E-state index in [0.717, 1.165) is 11.1 Å². The fraction of sp³-hybridized carbons (Fsp3) is 0.154. The van der Waals surface area contributed by atoms with Crippen molar-refractivity contribution in [3.63, 3.8) is 0 Å². The van der Waals surface area contributed by atoms with Crippen LogP contribution in [0.4, 0.5) is 0 Å². The number of pyridine rings is 1. The number of hydrogen-bond acceptors (Lipinski definition) is 2. The third kappa shape index (κ3) is 1.66. The van der Waals surface area contributed by atoms with Gasteiger partial charge in [0.15, 0.2) is 0 Å². The van der Waals surface area contributed by atoms with Crippen LogP contribution in [0.1, 0.15) is 0 Å². The van der Waals surface area contributed by atoms with E-state index in [1.165, 1.54) is 4.57 Å². The lowest BCUT2D eigenvalue weighted by Gasteiger charge is -2.05. The van der Waals surface area contributed by atoms with E-state index in [2.05, 4.69) is 5.92 Å². The molecule has 0 saturated heterocycles. The zero-order valence-corrected chi connectivity index (χ0v) is 8.93. The van der Waals surface area contributed by atoms with E-state index in [-0.39, 0.29) is 5.56 Å². The molecule has 1 heterocycles. The molecule has 0 aliphatic rings. The van der Waals surface area contributed by atoms with Crippen LogP contribution in [0.5, 0.6) is 5.75 Å². The summed E-state index contributed by atoms with van der Waals surface area (Å²) in [5.74, 6) is 3.19. The summed E-state index contributed by atoms with van der Waals surface area (Å²) in [6.45, 7) is 0.292. The number of methoxy groups -OCH3 is 1. The fourth-order valence-corrected chi connectivity index (χ4v) is 1.62. The molecule has 0 fully saturated rings. The van der Waals surface area contributed by atoms with E-state index in [0.29, 0.717) is 11.9 Å². The number of hydrogen-bond donors (Lipinski definition) is 0. The number of rotatable bonds is 2. The monoisotopic (exact) mass is 213 g/mol. The molecule has 0 amide bonds. The molecule has 2 rings (SSSR count). The van der Waals surface area contributed by atoms with Gasteiger partial charge in [0, 0.05) is 11.6 Å². The van der Waals surface area contributed by atoms with Crippen molar-refractivity contribution in [2.24, 2.45) is 0 Å². The molecule has 0 spiro atoms. The van der Waals surface area contributed by atoms with Crippen molar-refractivity contribution in [1.29, 1.82) is 0 Å². The molecule has 3 heteroatoms. The molecule has 0 bridgehead atoms. The Labute approximate surface area is 93.3 Å². The fourth-order valence-electron chi connectivity index (χ4n) is 1.62. The Bertz CT molecular complexity index is 620. The van der Waals surface area contributed by atoms with Crippen LogP contribution in [0.15, 0.2) is 35.3 Å². The van der Waals surface area contributed by atoms with Crippen LogP contribution >= 0.6 is 0 Å². The van der Waals surface area contributed by atoms with E-state index in [4.69, 9.17) is 11.2 Å². The van der Waals surface area contributed by atoms with Gasteiger partial charge in [0.05, 0.1) is 13.7 Å². The zero-order chi connectivity index (χ0) is 11.5. The van der Waals surface area contributed by atoms with Crippen molar-refractivity contribution in [3.8, 4) is 18.1 Å². The predicted molar refractivity (Wildman–Crippen MR) is 63.6 cm³/mol. The van der Waals surface area contributed by atoms with Gasteiger partial charge in [-0.25, -0.2) is 0 Å². The summed E-state index contributed by atoms with van der Waals surface area (Å²) in [5.41, 5.74) is -0.0712. The standard InChI is InChI=1S/C13H11NO2/c1-3-7-14-8-6-10-9-11(16-2)4-5-12(10)13(14)15/h1,4-6,8-9H,7H2,2H3. The van der Waals surface area contributed by atoms with Crippen molar-refractivity contribution in [2.75, 3.05) is 7.11 Å². The van der Waals surface area contributed by atoms with E-state index >= 15 is 0 Å². The van der Waals surface area contributed by atoms with Crippen LogP contribution in [0.3, 0.4) is 0 Å². The van der Waals surface area contributed by atoms with E-state index < -0.39 is 0 Å². The largest absolute Gasteiger partial charge is 0.497 e. The van der Waals surface area contributed by atoms with Gasteiger partial charge in [0.2, 0.25) is 0 Å². The van der Waals surface area contributed by atoms with Crippen molar-refractivity contribution >= 4 is 10.8 Å². The number of ether oxygens (including phenoxy) is 1. The third-order valence-corrected chi connectivity index (χ3v) is 2.45. The molecule has 0 atom stereocenters. The Hall–Kier alpha value is -2.21. The molecule has 0 unspecified atom stereocenters. The normalized spacial score (nSPS) is 10.0. The molecule has 16 heavy (non-hydrogen) atoms. The minimum Gasteiger partial charge on any atom is -0.497 e. The predicted octanol–water partition coefficient (Wildman–Crippen LogP) is 1.64. The highest BCUT2D eigenvalue weighted by Gasteiger charge is 2.02. The summed E-state index contributed by atoms with van der Waals surface area (Å²) in [4.78, 5) is 11.9. The maximum atomic E-state index is 11.9. The van der Waals surface area contributed by atoms with Gasteiger partial charge in [-0.2, -0.15) is 0 Å². The van der Waals surface area contributed by atoms with Gasteiger partial charge >= 0.3 is 0 Å². The summed E-state index contributed by atoms with van der Waals surface area (Å²) in [7, 11) is 1.60. The highest BCUT2D eigenvalue weighted by atomic mass is 16.5. The van der Waals surface area contributed by atoms with Crippen LogP contribution in [0, 0.1) is 12.3 Å². The highest BCUT2D eigenvalue weighted by molar-refractivity contribution is 5.82. The van der Waals surface area contributed by atoms with Gasteiger partial charge < -0.3 is 9.30 Å². The van der Waals surface area contributed by atoms with Gasteiger partial charge in [0.1, 0.15) is 5.75 Å². The van der Waals surface area contributed by atoms with E-state index in [1.54, 1.807) is 25.4 Å². The summed E-state index contributed by atoms with van der Waals surface area (Å²) < 4.78 is 6.61. The zero-order valence-electron chi connectivity index (χ0n) is 8.93. The number of fused-ring (bicyclic) bond motifs is 1. The van der Waals surface area contributed by atoms with Crippen molar-refractivity contribution in [3.05, 3.63) is 40.8 Å². The van der Waals surface area contributed by atoms with Crippen LogP contribution < -0.4 is 10.3 Å². The van der Waals surface area contributed by atoms with Gasteiger partial charge in [0.25, 0.3) is 5.56 Å². The average molecular weight is 213 g/mol. The molecular weight excluding hydrogens is 202 g/mol. The molecule has 2 aromatic rings. The smallest absolute Gasteiger partial charge is 0.259 e. The van der Waals surface area contributed by atoms with Crippen molar-refractivity contribution in [2.45, 2.75) is 6.54 Å². The van der Waals surface area contributed by atoms with E-state index in [1.807, 2.05) is 12.1 Å². The second-order valence-corrected chi connectivity index (χ2v) is 3.41. The van der Waals surface area contributed by atoms with Crippen LogP contribution in [-0.4, -0.2) is 11.7 Å². The lowest BCUT2D eigenvalue weighted by molar-refractivity contribution is 0.415. The first kappa shape index (κ1) is 10.3. The highest BCUT2D eigenvalue weighted by Crippen LogP contribution is 2.17. The molecule has 3 nitrogen and oxygen atoms in total. The molecule has 0 aliphatic heterocycles. The quantitative estimate of drug-likeness (QED) is 0.710. The molecule has 0 N–H and O–H groups in total.